The Morgan fingerprint density at radius 2 is 1.91 bits per heavy atom. The Morgan fingerprint density at radius 3 is 2.73 bits per heavy atom. The number of aryl methyl sites for hydroxylation is 1. The molecule has 0 saturated heterocycles. The first-order valence-corrected chi connectivity index (χ1v) is 6.98. The lowest BCUT2D eigenvalue weighted by Crippen LogP contribution is -2.07. The van der Waals surface area contributed by atoms with Crippen molar-refractivity contribution in [3.8, 4) is 0 Å². The number of anilines is 1. The van der Waals surface area contributed by atoms with Crippen LogP contribution in [0.2, 0.25) is 0 Å². The fraction of sp³-hybridized carbons (Fsp3) is 0.0556. The van der Waals surface area contributed by atoms with Crippen molar-refractivity contribution in [2.45, 2.75) is 6.92 Å². The predicted octanol–water partition coefficient (Wildman–Crippen LogP) is 3.59. The van der Waals surface area contributed by atoms with Crippen LogP contribution in [0.1, 0.15) is 11.3 Å². The summed E-state index contributed by atoms with van der Waals surface area (Å²) in [7, 11) is 0. The highest BCUT2D eigenvalue weighted by Gasteiger charge is 1.99. The maximum Gasteiger partial charge on any atom is 0.248 e. The van der Waals surface area contributed by atoms with Crippen LogP contribution in [0.4, 0.5) is 5.69 Å². The number of aromatic nitrogens is 2. The van der Waals surface area contributed by atoms with Gasteiger partial charge in [-0.3, -0.25) is 9.78 Å². The fourth-order valence-corrected chi connectivity index (χ4v) is 2.12. The van der Waals surface area contributed by atoms with Crippen molar-refractivity contribution in [1.29, 1.82) is 0 Å². The van der Waals surface area contributed by atoms with Crippen LogP contribution in [0.3, 0.4) is 0 Å². The maximum absolute atomic E-state index is 11.9. The zero-order valence-corrected chi connectivity index (χ0v) is 12.2. The van der Waals surface area contributed by atoms with Gasteiger partial charge in [-0.15, -0.1) is 0 Å². The van der Waals surface area contributed by atoms with Gasteiger partial charge in [-0.2, -0.15) is 0 Å². The van der Waals surface area contributed by atoms with Crippen molar-refractivity contribution in [2.24, 2.45) is 0 Å². The third-order valence-electron chi connectivity index (χ3n) is 3.16. The van der Waals surface area contributed by atoms with E-state index in [1.54, 1.807) is 12.3 Å². The number of benzene rings is 2. The molecule has 1 amide bonds. The van der Waals surface area contributed by atoms with Crippen molar-refractivity contribution < 1.29 is 4.79 Å². The standard InChI is InChI=1S/C18H15N3O/c1-13-5-4-6-14(11-13)21-18(22)10-9-15-12-19-16-7-2-3-8-17(16)20-15/h2-12H,1H3,(H,21,22)/b10-9+. The van der Waals surface area contributed by atoms with Crippen LogP contribution in [0, 0.1) is 6.92 Å². The van der Waals surface area contributed by atoms with Crippen LogP contribution in [0.15, 0.2) is 60.8 Å². The second kappa shape index (κ2) is 6.18. The van der Waals surface area contributed by atoms with E-state index in [9.17, 15) is 4.79 Å². The fourth-order valence-electron chi connectivity index (χ4n) is 2.12. The minimum atomic E-state index is -0.194. The summed E-state index contributed by atoms with van der Waals surface area (Å²) in [4.78, 5) is 20.7. The largest absolute Gasteiger partial charge is 0.323 e. The molecule has 0 spiro atoms. The lowest BCUT2D eigenvalue weighted by Gasteiger charge is -2.02. The van der Waals surface area contributed by atoms with Gasteiger partial charge in [0.1, 0.15) is 0 Å². The number of hydrogen-bond acceptors (Lipinski definition) is 3. The number of amides is 1. The van der Waals surface area contributed by atoms with Gasteiger partial charge in [0, 0.05) is 11.8 Å². The summed E-state index contributed by atoms with van der Waals surface area (Å²) in [5, 5.41) is 2.82. The molecule has 0 unspecified atom stereocenters. The molecule has 3 rings (SSSR count). The van der Waals surface area contributed by atoms with Crippen LogP contribution in [-0.4, -0.2) is 15.9 Å². The number of fused-ring (bicyclic) bond motifs is 1. The summed E-state index contributed by atoms with van der Waals surface area (Å²) < 4.78 is 0. The van der Waals surface area contributed by atoms with Gasteiger partial charge < -0.3 is 5.32 Å². The molecule has 1 heterocycles. The minimum Gasteiger partial charge on any atom is -0.323 e. The van der Waals surface area contributed by atoms with Crippen molar-refractivity contribution in [3.63, 3.8) is 0 Å². The van der Waals surface area contributed by atoms with Gasteiger partial charge in [0.2, 0.25) is 5.91 Å². The van der Waals surface area contributed by atoms with Gasteiger partial charge in [0.15, 0.2) is 0 Å². The third kappa shape index (κ3) is 3.35. The summed E-state index contributed by atoms with van der Waals surface area (Å²) in [5.41, 5.74) is 4.17. The number of carbonyl (C=O) groups is 1. The lowest BCUT2D eigenvalue weighted by atomic mass is 10.2. The highest BCUT2D eigenvalue weighted by atomic mass is 16.1. The van der Waals surface area contributed by atoms with Crippen molar-refractivity contribution in [1.82, 2.24) is 9.97 Å². The maximum atomic E-state index is 11.9. The van der Waals surface area contributed by atoms with Crippen LogP contribution in [0.25, 0.3) is 17.1 Å². The predicted molar refractivity (Wildman–Crippen MR) is 88.4 cm³/mol. The average molecular weight is 289 g/mol. The third-order valence-corrected chi connectivity index (χ3v) is 3.16. The monoisotopic (exact) mass is 289 g/mol. The smallest absolute Gasteiger partial charge is 0.248 e. The molecule has 2 aromatic carbocycles. The van der Waals surface area contributed by atoms with E-state index in [1.807, 2.05) is 55.5 Å². The number of para-hydroxylation sites is 2. The van der Waals surface area contributed by atoms with Crippen molar-refractivity contribution >= 4 is 28.7 Å². The molecule has 0 bridgehead atoms. The summed E-state index contributed by atoms with van der Waals surface area (Å²) >= 11 is 0. The minimum absolute atomic E-state index is 0.194. The van der Waals surface area contributed by atoms with E-state index in [2.05, 4.69) is 15.3 Å². The molecule has 0 aliphatic carbocycles. The van der Waals surface area contributed by atoms with Gasteiger partial charge in [0.05, 0.1) is 22.9 Å². The van der Waals surface area contributed by atoms with E-state index in [0.717, 1.165) is 22.3 Å². The van der Waals surface area contributed by atoms with E-state index in [1.165, 1.54) is 6.08 Å². The first kappa shape index (κ1) is 13.9. The first-order valence-electron chi connectivity index (χ1n) is 6.98. The Balaban J connectivity index is 1.73. The van der Waals surface area contributed by atoms with E-state index in [4.69, 9.17) is 0 Å². The lowest BCUT2D eigenvalue weighted by molar-refractivity contribution is -0.111. The summed E-state index contributed by atoms with van der Waals surface area (Å²) in [6.45, 7) is 1.98. The Labute approximate surface area is 128 Å². The quantitative estimate of drug-likeness (QED) is 0.750. The van der Waals surface area contributed by atoms with Gasteiger partial charge >= 0.3 is 0 Å². The number of rotatable bonds is 3. The SMILES string of the molecule is Cc1cccc(NC(=O)/C=C/c2cnc3ccccc3n2)c1. The number of carbonyl (C=O) groups excluding carboxylic acids is 1. The van der Waals surface area contributed by atoms with Crippen LogP contribution in [-0.2, 0) is 4.79 Å². The second-order valence-corrected chi connectivity index (χ2v) is 4.98. The molecule has 1 aromatic heterocycles. The van der Waals surface area contributed by atoms with E-state index < -0.39 is 0 Å². The Bertz CT molecular complexity index is 856. The van der Waals surface area contributed by atoms with Gasteiger partial charge in [-0.1, -0.05) is 24.3 Å². The molecule has 0 radical (unpaired) electrons. The Morgan fingerprint density at radius 1 is 1.09 bits per heavy atom. The van der Waals surface area contributed by atoms with Gasteiger partial charge in [0.25, 0.3) is 0 Å². The molecule has 0 saturated carbocycles. The molecule has 1 N–H and O–H groups in total. The molecule has 4 heteroatoms. The van der Waals surface area contributed by atoms with Crippen LogP contribution < -0.4 is 5.32 Å². The average Bonchev–Trinajstić information content (AvgIpc) is 2.53. The topological polar surface area (TPSA) is 54.9 Å². The molecular weight excluding hydrogens is 274 g/mol. The van der Waals surface area contributed by atoms with E-state index in [0.29, 0.717) is 5.69 Å². The van der Waals surface area contributed by atoms with E-state index in [-0.39, 0.29) is 5.91 Å². The molecule has 4 nitrogen and oxygen atoms in total. The zero-order chi connectivity index (χ0) is 15.4. The normalized spacial score (nSPS) is 11.0. The molecule has 0 aliphatic rings. The summed E-state index contributed by atoms with van der Waals surface area (Å²) in [6, 6.07) is 15.3. The van der Waals surface area contributed by atoms with Gasteiger partial charge in [-0.05, 0) is 42.8 Å². The second-order valence-electron chi connectivity index (χ2n) is 4.98. The molecule has 0 fully saturated rings. The van der Waals surface area contributed by atoms with Gasteiger partial charge in [-0.25, -0.2) is 4.98 Å². The highest BCUT2D eigenvalue weighted by Crippen LogP contribution is 2.11. The first-order chi connectivity index (χ1) is 10.7. The van der Waals surface area contributed by atoms with Crippen molar-refractivity contribution in [2.75, 3.05) is 5.32 Å². The number of nitrogens with zero attached hydrogens (tertiary/aromatic N) is 2. The highest BCUT2D eigenvalue weighted by molar-refractivity contribution is 6.01. The Hall–Kier alpha value is -3.01. The molecule has 108 valence electrons. The molecule has 3 aromatic rings. The van der Waals surface area contributed by atoms with Crippen LogP contribution in [0.5, 0.6) is 0 Å². The number of hydrogen-bond donors (Lipinski definition) is 1. The number of nitrogens with one attached hydrogen (secondary N) is 1. The Kier molecular flexibility index (Phi) is 3.92. The van der Waals surface area contributed by atoms with E-state index >= 15 is 0 Å². The van der Waals surface area contributed by atoms with Crippen molar-refractivity contribution in [3.05, 3.63) is 72.1 Å². The zero-order valence-electron chi connectivity index (χ0n) is 12.2. The molecule has 0 aliphatic heterocycles. The summed E-state index contributed by atoms with van der Waals surface area (Å²) in [6.07, 6.45) is 4.77. The summed E-state index contributed by atoms with van der Waals surface area (Å²) in [5.74, 6) is -0.194. The molecular formula is C18H15N3O. The molecule has 22 heavy (non-hydrogen) atoms. The molecule has 0 atom stereocenters. The van der Waals surface area contributed by atoms with Crippen LogP contribution >= 0.6 is 0 Å².